The molecule has 0 fully saturated rings. The van der Waals surface area contributed by atoms with E-state index in [-0.39, 0.29) is 6.16 Å². The van der Waals surface area contributed by atoms with Crippen molar-refractivity contribution < 1.29 is 14.4 Å². The molecule has 0 aliphatic heterocycles. The zero-order chi connectivity index (χ0) is 11.2. The van der Waals surface area contributed by atoms with Crippen LogP contribution in [-0.2, 0) is 4.57 Å². The first-order valence-electron chi connectivity index (χ1n) is 5.36. The summed E-state index contributed by atoms with van der Waals surface area (Å²) in [6.45, 7) is 6.45. The Balaban J connectivity index is 3.46. The van der Waals surface area contributed by atoms with Crippen molar-refractivity contribution in [3.8, 4) is 0 Å². The summed E-state index contributed by atoms with van der Waals surface area (Å²) >= 11 is 0. The Labute approximate surface area is 87.1 Å². The maximum atomic E-state index is 10.6. The van der Waals surface area contributed by atoms with Crippen molar-refractivity contribution in [3.05, 3.63) is 0 Å². The fraction of sp³-hybridized carbons (Fsp3) is 1.00. The van der Waals surface area contributed by atoms with E-state index in [1.165, 1.54) is 12.8 Å². The molecular weight excluding hydrogens is 199 g/mol. The molecule has 0 aromatic heterocycles. The summed E-state index contributed by atoms with van der Waals surface area (Å²) in [4.78, 5) is 17.4. The normalized spacial score (nSPS) is 14.7. The number of hydrogen-bond acceptors (Lipinski definition) is 1. The van der Waals surface area contributed by atoms with Crippen LogP contribution in [0.1, 0.15) is 46.5 Å². The maximum absolute atomic E-state index is 10.6. The molecule has 0 amide bonds. The molecule has 0 saturated carbocycles. The van der Waals surface area contributed by atoms with Crippen LogP contribution < -0.4 is 0 Å². The zero-order valence-electron chi connectivity index (χ0n) is 9.44. The second kappa shape index (κ2) is 6.60. The smallest absolute Gasteiger partial charge is 0.324 e. The summed E-state index contributed by atoms with van der Waals surface area (Å²) in [5, 5.41) is 0. The van der Waals surface area contributed by atoms with Crippen molar-refractivity contribution in [1.82, 2.24) is 0 Å². The van der Waals surface area contributed by atoms with Crippen molar-refractivity contribution in [2.24, 2.45) is 11.8 Å². The van der Waals surface area contributed by atoms with Gasteiger partial charge in [-0.05, 0) is 18.3 Å². The van der Waals surface area contributed by atoms with Gasteiger partial charge in [0.15, 0.2) is 0 Å². The third-order valence-corrected chi connectivity index (χ3v) is 3.23. The molecule has 0 aromatic rings. The standard InChI is InChI=1S/C10H23O3P/c1-9(2)5-4-6-10(3)7-8-14(11,12)13/h9-10H,4-8H2,1-3H3,(H2,11,12,13). The van der Waals surface area contributed by atoms with E-state index in [4.69, 9.17) is 9.79 Å². The van der Waals surface area contributed by atoms with Crippen molar-refractivity contribution in [2.45, 2.75) is 46.5 Å². The van der Waals surface area contributed by atoms with Crippen LogP contribution in [0.5, 0.6) is 0 Å². The predicted octanol–water partition coefficient (Wildman–Crippen LogP) is 3.02. The average Bonchev–Trinajstić information content (AvgIpc) is 1.99. The van der Waals surface area contributed by atoms with Gasteiger partial charge in [0.2, 0.25) is 0 Å². The Bertz CT molecular complexity index is 186. The van der Waals surface area contributed by atoms with Crippen molar-refractivity contribution in [3.63, 3.8) is 0 Å². The lowest BCUT2D eigenvalue weighted by molar-refractivity contribution is 0.362. The van der Waals surface area contributed by atoms with E-state index < -0.39 is 7.60 Å². The van der Waals surface area contributed by atoms with E-state index in [1.54, 1.807) is 0 Å². The minimum absolute atomic E-state index is 0.0375. The Morgan fingerprint density at radius 3 is 2.07 bits per heavy atom. The fourth-order valence-corrected chi connectivity index (χ4v) is 2.18. The number of hydrogen-bond donors (Lipinski definition) is 2. The largest absolute Gasteiger partial charge is 0.325 e. The van der Waals surface area contributed by atoms with Gasteiger partial charge >= 0.3 is 7.60 Å². The first kappa shape index (κ1) is 14.2. The van der Waals surface area contributed by atoms with E-state index in [0.29, 0.717) is 12.3 Å². The first-order chi connectivity index (χ1) is 6.31. The lowest BCUT2D eigenvalue weighted by Crippen LogP contribution is -2.00. The molecule has 0 heterocycles. The second-order valence-electron chi connectivity index (χ2n) is 4.61. The maximum Gasteiger partial charge on any atom is 0.325 e. The molecule has 4 heteroatoms. The molecule has 1 unspecified atom stereocenters. The highest BCUT2D eigenvalue weighted by Crippen LogP contribution is 2.36. The van der Waals surface area contributed by atoms with Crippen LogP contribution in [0.25, 0.3) is 0 Å². The molecule has 0 aliphatic carbocycles. The Kier molecular flexibility index (Phi) is 6.67. The van der Waals surface area contributed by atoms with Gasteiger partial charge in [-0.15, -0.1) is 0 Å². The van der Waals surface area contributed by atoms with Crippen LogP contribution in [-0.4, -0.2) is 15.9 Å². The molecular formula is C10H23O3P. The van der Waals surface area contributed by atoms with Gasteiger partial charge < -0.3 is 9.79 Å². The topological polar surface area (TPSA) is 57.5 Å². The first-order valence-corrected chi connectivity index (χ1v) is 7.15. The third kappa shape index (κ3) is 10.2. The van der Waals surface area contributed by atoms with Crippen molar-refractivity contribution in [2.75, 3.05) is 6.16 Å². The van der Waals surface area contributed by atoms with Gasteiger partial charge in [0.1, 0.15) is 0 Å². The molecule has 0 saturated heterocycles. The minimum Gasteiger partial charge on any atom is -0.324 e. The van der Waals surface area contributed by atoms with Crippen LogP contribution >= 0.6 is 7.60 Å². The monoisotopic (exact) mass is 222 g/mol. The lowest BCUT2D eigenvalue weighted by Gasteiger charge is -2.12. The van der Waals surface area contributed by atoms with Gasteiger partial charge in [0.05, 0.1) is 6.16 Å². The van der Waals surface area contributed by atoms with Gasteiger partial charge in [0, 0.05) is 0 Å². The van der Waals surface area contributed by atoms with Crippen LogP contribution in [0.2, 0.25) is 0 Å². The Hall–Kier alpha value is 0.150. The molecule has 86 valence electrons. The van der Waals surface area contributed by atoms with E-state index in [2.05, 4.69) is 20.8 Å². The second-order valence-corrected chi connectivity index (χ2v) is 6.38. The zero-order valence-corrected chi connectivity index (χ0v) is 10.3. The molecule has 3 nitrogen and oxygen atoms in total. The Morgan fingerprint density at radius 2 is 1.64 bits per heavy atom. The van der Waals surface area contributed by atoms with Crippen LogP contribution in [0.4, 0.5) is 0 Å². The summed E-state index contributed by atoms with van der Waals surface area (Å²) < 4.78 is 10.6. The predicted molar refractivity (Wildman–Crippen MR) is 59.4 cm³/mol. The summed E-state index contributed by atoms with van der Waals surface area (Å²) in [7, 11) is -3.77. The molecule has 1 atom stereocenters. The summed E-state index contributed by atoms with van der Waals surface area (Å²) in [5.41, 5.74) is 0. The highest BCUT2D eigenvalue weighted by atomic mass is 31.2. The van der Waals surface area contributed by atoms with Gasteiger partial charge in [-0.2, -0.15) is 0 Å². The van der Waals surface area contributed by atoms with E-state index in [1.807, 2.05) is 0 Å². The quantitative estimate of drug-likeness (QED) is 0.651. The average molecular weight is 222 g/mol. The van der Waals surface area contributed by atoms with Gasteiger partial charge in [0.25, 0.3) is 0 Å². The van der Waals surface area contributed by atoms with Gasteiger partial charge in [-0.3, -0.25) is 4.57 Å². The highest BCUT2D eigenvalue weighted by Gasteiger charge is 2.14. The van der Waals surface area contributed by atoms with E-state index in [0.717, 1.165) is 12.3 Å². The van der Waals surface area contributed by atoms with Crippen LogP contribution in [0, 0.1) is 11.8 Å². The lowest BCUT2D eigenvalue weighted by atomic mass is 9.98. The number of rotatable bonds is 7. The summed E-state index contributed by atoms with van der Waals surface area (Å²) in [6.07, 6.45) is 4.14. The summed E-state index contributed by atoms with van der Waals surface area (Å²) in [5.74, 6) is 1.16. The molecule has 0 aliphatic rings. The Morgan fingerprint density at radius 1 is 1.07 bits per heavy atom. The molecule has 2 N–H and O–H groups in total. The molecule has 0 aromatic carbocycles. The van der Waals surface area contributed by atoms with Crippen molar-refractivity contribution in [1.29, 1.82) is 0 Å². The van der Waals surface area contributed by atoms with Crippen LogP contribution in [0.15, 0.2) is 0 Å². The summed E-state index contributed by atoms with van der Waals surface area (Å²) in [6, 6.07) is 0. The van der Waals surface area contributed by atoms with E-state index in [9.17, 15) is 4.57 Å². The third-order valence-electron chi connectivity index (χ3n) is 2.39. The SMILES string of the molecule is CC(C)CCCC(C)CCP(=O)(O)O. The van der Waals surface area contributed by atoms with Gasteiger partial charge in [-0.25, -0.2) is 0 Å². The molecule has 0 bridgehead atoms. The molecule has 0 radical (unpaired) electrons. The molecule has 0 rings (SSSR count). The van der Waals surface area contributed by atoms with Crippen LogP contribution in [0.3, 0.4) is 0 Å². The van der Waals surface area contributed by atoms with E-state index >= 15 is 0 Å². The minimum atomic E-state index is -3.77. The fourth-order valence-electron chi connectivity index (χ4n) is 1.41. The highest BCUT2D eigenvalue weighted by molar-refractivity contribution is 7.51. The van der Waals surface area contributed by atoms with Gasteiger partial charge in [-0.1, -0.05) is 40.0 Å². The molecule has 14 heavy (non-hydrogen) atoms. The van der Waals surface area contributed by atoms with Crippen molar-refractivity contribution >= 4 is 7.60 Å². The molecule has 0 spiro atoms.